The third-order valence-corrected chi connectivity index (χ3v) is 4.92. The maximum Gasteiger partial charge on any atom is 0.257 e. The molecule has 3 aromatic rings. The van der Waals surface area contributed by atoms with Gasteiger partial charge < -0.3 is 20.3 Å². The number of benzene rings is 1. The van der Waals surface area contributed by atoms with Gasteiger partial charge in [-0.15, -0.1) is 40.1 Å². The van der Waals surface area contributed by atoms with E-state index >= 15 is 0 Å². The number of halogens is 3. The largest absolute Gasteiger partial charge is 0.496 e. The molecule has 1 aromatic carbocycles. The molecule has 0 radical (unpaired) electrons. The van der Waals surface area contributed by atoms with Crippen molar-refractivity contribution in [2.24, 2.45) is 0 Å². The molecule has 0 atom stereocenters. The minimum absolute atomic E-state index is 0. The molecule has 0 unspecified atom stereocenters. The predicted octanol–water partition coefficient (Wildman–Crippen LogP) is 2.17. The monoisotopic (exact) mass is 459 g/mol. The summed E-state index contributed by atoms with van der Waals surface area (Å²) in [6.45, 7) is 2.45. The molecule has 1 amide bonds. The smallest absolute Gasteiger partial charge is 0.257 e. The Balaban J connectivity index is 0.00000150. The summed E-state index contributed by atoms with van der Waals surface area (Å²) in [6, 6.07) is 6.91. The number of nitrogen functional groups attached to an aromatic ring is 1. The molecular formula is C17H20Cl3N7O2. The number of hydrogen-bond acceptors (Lipinski definition) is 7. The molecule has 1 fully saturated rings. The van der Waals surface area contributed by atoms with Crippen LogP contribution in [0.4, 0.5) is 11.5 Å². The lowest BCUT2D eigenvalue weighted by Gasteiger charge is -2.35. The van der Waals surface area contributed by atoms with E-state index < -0.39 is 0 Å². The van der Waals surface area contributed by atoms with E-state index in [1.165, 1.54) is 7.11 Å². The fourth-order valence-corrected chi connectivity index (χ4v) is 3.26. The highest BCUT2D eigenvalue weighted by Gasteiger charge is 2.26. The Hall–Kier alpha value is -2.49. The average molecular weight is 461 g/mol. The minimum atomic E-state index is -0.129. The van der Waals surface area contributed by atoms with E-state index in [1.807, 2.05) is 12.1 Å². The Bertz CT molecular complexity index is 1010. The second-order valence-corrected chi connectivity index (χ2v) is 6.59. The molecule has 1 aliphatic rings. The van der Waals surface area contributed by atoms with E-state index in [0.29, 0.717) is 53.8 Å². The molecule has 29 heavy (non-hydrogen) atoms. The first-order valence-corrected chi connectivity index (χ1v) is 8.79. The van der Waals surface area contributed by atoms with Crippen molar-refractivity contribution in [3.8, 4) is 5.75 Å². The van der Waals surface area contributed by atoms with E-state index in [1.54, 1.807) is 27.9 Å². The number of hydrogen-bond donors (Lipinski definition) is 1. The van der Waals surface area contributed by atoms with Gasteiger partial charge in [-0.3, -0.25) is 4.79 Å². The molecule has 2 aromatic heterocycles. The maximum absolute atomic E-state index is 12.9. The highest BCUT2D eigenvalue weighted by Crippen LogP contribution is 2.30. The number of nitrogens with zero attached hydrogens (tertiary/aromatic N) is 6. The van der Waals surface area contributed by atoms with Crippen molar-refractivity contribution < 1.29 is 9.53 Å². The number of amides is 1. The molecule has 4 rings (SSSR count). The summed E-state index contributed by atoms with van der Waals surface area (Å²) < 4.78 is 6.93. The van der Waals surface area contributed by atoms with Crippen LogP contribution >= 0.6 is 36.4 Å². The molecule has 2 N–H and O–H groups in total. The van der Waals surface area contributed by atoms with E-state index in [9.17, 15) is 4.79 Å². The van der Waals surface area contributed by atoms with Gasteiger partial charge in [-0.1, -0.05) is 11.6 Å². The Labute approximate surface area is 184 Å². The van der Waals surface area contributed by atoms with Gasteiger partial charge in [-0.05, 0) is 18.2 Å². The van der Waals surface area contributed by atoms with Crippen molar-refractivity contribution in [3.05, 3.63) is 41.2 Å². The van der Waals surface area contributed by atoms with Crippen LogP contribution in [0.15, 0.2) is 30.6 Å². The topological polar surface area (TPSA) is 102 Å². The molecule has 156 valence electrons. The Morgan fingerprint density at radius 3 is 2.59 bits per heavy atom. The van der Waals surface area contributed by atoms with Gasteiger partial charge >= 0.3 is 0 Å². The lowest BCUT2D eigenvalue weighted by Crippen LogP contribution is -2.49. The van der Waals surface area contributed by atoms with Gasteiger partial charge in [0.15, 0.2) is 5.65 Å². The van der Waals surface area contributed by atoms with Crippen molar-refractivity contribution in [2.75, 3.05) is 43.9 Å². The van der Waals surface area contributed by atoms with Gasteiger partial charge in [-0.25, -0.2) is 0 Å². The Kier molecular flexibility index (Phi) is 7.34. The van der Waals surface area contributed by atoms with Crippen LogP contribution in [0.25, 0.3) is 5.65 Å². The van der Waals surface area contributed by atoms with Crippen molar-refractivity contribution in [3.63, 3.8) is 0 Å². The Morgan fingerprint density at radius 1 is 1.17 bits per heavy atom. The number of piperazine rings is 1. The lowest BCUT2D eigenvalue weighted by molar-refractivity contribution is 0.0743. The summed E-state index contributed by atoms with van der Waals surface area (Å²) in [5, 5.41) is 12.6. The number of methoxy groups -OCH3 is 1. The van der Waals surface area contributed by atoms with Gasteiger partial charge in [0.25, 0.3) is 5.91 Å². The van der Waals surface area contributed by atoms with Crippen LogP contribution in [0.2, 0.25) is 5.02 Å². The normalized spacial score (nSPS) is 13.6. The molecule has 0 saturated carbocycles. The number of carbonyl (C=O) groups excluding carboxylic acids is 1. The van der Waals surface area contributed by atoms with Gasteiger partial charge in [0.05, 0.1) is 23.4 Å². The first kappa shape index (κ1) is 22.8. The third kappa shape index (κ3) is 4.42. The summed E-state index contributed by atoms with van der Waals surface area (Å²) >= 11 is 6.09. The fraction of sp³-hybridized carbons (Fsp3) is 0.294. The molecule has 3 heterocycles. The summed E-state index contributed by atoms with van der Waals surface area (Å²) in [7, 11) is 1.50. The summed E-state index contributed by atoms with van der Waals surface area (Å²) in [6.07, 6.45) is 1.57. The van der Waals surface area contributed by atoms with E-state index in [2.05, 4.69) is 20.2 Å². The van der Waals surface area contributed by atoms with E-state index in [4.69, 9.17) is 22.1 Å². The second kappa shape index (κ2) is 9.34. The molecule has 0 aliphatic carbocycles. The van der Waals surface area contributed by atoms with E-state index in [0.717, 1.165) is 5.82 Å². The van der Waals surface area contributed by atoms with Crippen LogP contribution in [-0.2, 0) is 0 Å². The van der Waals surface area contributed by atoms with Crippen molar-refractivity contribution in [2.45, 2.75) is 0 Å². The number of aromatic nitrogens is 4. The fourth-order valence-electron chi connectivity index (χ4n) is 3.10. The lowest BCUT2D eigenvalue weighted by atomic mass is 10.1. The number of carbonyl (C=O) groups is 1. The number of fused-ring (bicyclic) bond motifs is 1. The molecule has 0 spiro atoms. The summed E-state index contributed by atoms with van der Waals surface area (Å²) in [4.78, 5) is 16.8. The number of anilines is 2. The zero-order valence-corrected chi connectivity index (χ0v) is 17.9. The molecule has 1 saturated heterocycles. The first-order valence-electron chi connectivity index (χ1n) is 8.41. The standard InChI is InChI=1S/C17H18ClN7O2.2ClH/c1-27-14-9-13(19)12(18)8-11(14)17(26)24-6-4-23(5-7-24)16-3-2-15-21-20-10-25(15)22-16;;/h2-3,8-10H,4-7,19H2,1H3;2*1H. The molecule has 0 bridgehead atoms. The minimum Gasteiger partial charge on any atom is -0.496 e. The highest BCUT2D eigenvalue weighted by atomic mass is 35.5. The number of rotatable bonds is 3. The van der Waals surface area contributed by atoms with Crippen LogP contribution in [0.1, 0.15) is 10.4 Å². The van der Waals surface area contributed by atoms with Crippen molar-refractivity contribution in [1.82, 2.24) is 24.7 Å². The third-order valence-electron chi connectivity index (χ3n) is 4.59. The molecular weight excluding hydrogens is 441 g/mol. The van der Waals surface area contributed by atoms with Gasteiger partial charge in [0.2, 0.25) is 0 Å². The van der Waals surface area contributed by atoms with Crippen LogP contribution in [0, 0.1) is 0 Å². The SMILES string of the molecule is COc1cc(N)c(Cl)cc1C(=O)N1CCN(c2ccc3nncn3n2)CC1.Cl.Cl. The zero-order valence-electron chi connectivity index (χ0n) is 15.5. The second-order valence-electron chi connectivity index (χ2n) is 6.18. The molecule has 9 nitrogen and oxygen atoms in total. The Morgan fingerprint density at radius 2 is 1.90 bits per heavy atom. The van der Waals surface area contributed by atoms with Crippen LogP contribution < -0.4 is 15.4 Å². The van der Waals surface area contributed by atoms with Gasteiger partial charge in [0.1, 0.15) is 17.9 Å². The molecule has 12 heteroatoms. The van der Waals surface area contributed by atoms with Crippen LogP contribution in [0.3, 0.4) is 0 Å². The first-order chi connectivity index (χ1) is 13.1. The highest BCUT2D eigenvalue weighted by molar-refractivity contribution is 6.33. The summed E-state index contributed by atoms with van der Waals surface area (Å²) in [5.74, 6) is 1.11. The van der Waals surface area contributed by atoms with E-state index in [-0.39, 0.29) is 30.7 Å². The van der Waals surface area contributed by atoms with Crippen molar-refractivity contribution >= 4 is 59.5 Å². The predicted molar refractivity (Wildman–Crippen MR) is 116 cm³/mol. The van der Waals surface area contributed by atoms with Crippen LogP contribution in [0.5, 0.6) is 5.75 Å². The average Bonchev–Trinajstić information content (AvgIpc) is 3.17. The van der Waals surface area contributed by atoms with Gasteiger partial charge in [-0.2, -0.15) is 4.52 Å². The zero-order chi connectivity index (χ0) is 19.0. The summed E-state index contributed by atoms with van der Waals surface area (Å²) in [5.41, 5.74) is 7.28. The molecule has 1 aliphatic heterocycles. The number of ether oxygens (including phenoxy) is 1. The maximum atomic E-state index is 12.9. The van der Waals surface area contributed by atoms with Gasteiger partial charge in [0, 0.05) is 32.2 Å². The van der Waals surface area contributed by atoms with Crippen LogP contribution in [-0.4, -0.2) is 63.9 Å². The van der Waals surface area contributed by atoms with Crippen molar-refractivity contribution in [1.29, 1.82) is 0 Å². The number of nitrogens with two attached hydrogens (primary N) is 1. The quantitative estimate of drug-likeness (QED) is 0.598.